The molecule has 1 unspecified atom stereocenters. The summed E-state index contributed by atoms with van der Waals surface area (Å²) in [6.45, 7) is 2.34. The fourth-order valence-corrected chi connectivity index (χ4v) is 5.67. The molecule has 2 N–H and O–H groups in total. The van der Waals surface area contributed by atoms with Crippen LogP contribution in [0.3, 0.4) is 0 Å². The molecule has 2 aromatic rings. The van der Waals surface area contributed by atoms with Crippen molar-refractivity contribution in [2.24, 2.45) is 11.8 Å². The van der Waals surface area contributed by atoms with Crippen molar-refractivity contribution in [1.29, 1.82) is 0 Å². The number of aliphatic carboxylic acids is 1. The van der Waals surface area contributed by atoms with E-state index in [1.807, 2.05) is 24.3 Å². The van der Waals surface area contributed by atoms with Crippen LogP contribution >= 0.6 is 0 Å². The van der Waals surface area contributed by atoms with Crippen molar-refractivity contribution in [3.8, 4) is 11.1 Å². The van der Waals surface area contributed by atoms with Gasteiger partial charge in [-0.3, -0.25) is 4.79 Å². The molecule has 35 heavy (non-hydrogen) atoms. The third kappa shape index (κ3) is 5.19. The van der Waals surface area contributed by atoms with E-state index in [0.717, 1.165) is 30.4 Å². The van der Waals surface area contributed by atoms with Gasteiger partial charge in [0, 0.05) is 25.4 Å². The molecular formula is C28H34N2O5. The molecule has 3 atom stereocenters. The molecule has 2 aliphatic carbocycles. The number of benzene rings is 2. The molecule has 0 saturated heterocycles. The monoisotopic (exact) mass is 478 g/mol. The summed E-state index contributed by atoms with van der Waals surface area (Å²) in [4.78, 5) is 38.6. The molecule has 7 nitrogen and oxygen atoms in total. The predicted octanol–water partition coefficient (Wildman–Crippen LogP) is 4.65. The lowest BCUT2D eigenvalue weighted by Gasteiger charge is -2.35. The van der Waals surface area contributed by atoms with Crippen LogP contribution < -0.4 is 5.32 Å². The van der Waals surface area contributed by atoms with Crippen LogP contribution in [0.2, 0.25) is 0 Å². The minimum Gasteiger partial charge on any atom is -0.480 e. The second kappa shape index (κ2) is 10.9. The first kappa shape index (κ1) is 24.8. The number of nitrogens with one attached hydrogen (secondary N) is 1. The van der Waals surface area contributed by atoms with Crippen molar-refractivity contribution >= 4 is 18.0 Å². The lowest BCUT2D eigenvalue weighted by Crippen LogP contribution is -2.48. The third-order valence-electron chi connectivity index (χ3n) is 7.57. The van der Waals surface area contributed by atoms with Crippen LogP contribution in [0.4, 0.5) is 4.79 Å². The number of alkyl carbamates (subject to hydrolysis) is 1. The maximum atomic E-state index is 13.1. The Kier molecular flexibility index (Phi) is 7.73. The molecule has 2 amide bonds. The highest BCUT2D eigenvalue weighted by Gasteiger charge is 2.36. The van der Waals surface area contributed by atoms with E-state index in [0.29, 0.717) is 19.4 Å². The third-order valence-corrected chi connectivity index (χ3v) is 7.57. The van der Waals surface area contributed by atoms with E-state index in [2.05, 4.69) is 29.6 Å². The zero-order valence-electron chi connectivity index (χ0n) is 20.4. The Hall–Kier alpha value is -3.35. The summed E-state index contributed by atoms with van der Waals surface area (Å²) in [6, 6.07) is 15.6. The number of likely N-dealkylation sites (N-methyl/N-ethyl adjacent to an activating group) is 1. The van der Waals surface area contributed by atoms with Crippen molar-refractivity contribution in [3.63, 3.8) is 0 Å². The average Bonchev–Trinajstić information content (AvgIpc) is 3.19. The molecule has 0 aliphatic heterocycles. The maximum absolute atomic E-state index is 13.1. The Balaban J connectivity index is 1.35. The normalized spacial score (nSPS) is 19.8. The average molecular weight is 479 g/mol. The first-order valence-corrected chi connectivity index (χ1v) is 12.5. The van der Waals surface area contributed by atoms with Gasteiger partial charge < -0.3 is 20.1 Å². The molecule has 0 heterocycles. The van der Waals surface area contributed by atoms with Gasteiger partial charge in [-0.2, -0.15) is 0 Å². The first-order chi connectivity index (χ1) is 16.9. The zero-order chi connectivity index (χ0) is 24.9. The number of hydrogen-bond donors (Lipinski definition) is 2. The molecule has 0 radical (unpaired) electrons. The lowest BCUT2D eigenvalue weighted by molar-refractivity contribution is -0.152. The molecule has 0 spiro atoms. The van der Waals surface area contributed by atoms with Crippen LogP contribution in [0.1, 0.15) is 56.1 Å². The molecule has 186 valence electrons. The van der Waals surface area contributed by atoms with E-state index in [9.17, 15) is 19.5 Å². The van der Waals surface area contributed by atoms with Crippen molar-refractivity contribution in [2.45, 2.75) is 51.0 Å². The highest BCUT2D eigenvalue weighted by molar-refractivity contribution is 5.85. The number of ether oxygens (including phenoxy) is 1. The van der Waals surface area contributed by atoms with Gasteiger partial charge in [-0.25, -0.2) is 9.59 Å². The SMILES string of the molecule is CCC(C(=O)O)N(C)C(=O)[C@H]1CCCC[C@H]1CNC(=O)OCC1c2ccccc2-c2ccccc21. The van der Waals surface area contributed by atoms with Crippen LogP contribution in [-0.2, 0) is 14.3 Å². The Morgan fingerprint density at radius 2 is 1.63 bits per heavy atom. The van der Waals surface area contributed by atoms with Crippen molar-refractivity contribution in [2.75, 3.05) is 20.2 Å². The quantitative estimate of drug-likeness (QED) is 0.576. The Labute approximate surface area is 206 Å². The Bertz CT molecular complexity index is 1040. The van der Waals surface area contributed by atoms with Crippen LogP contribution in [0.5, 0.6) is 0 Å². The smallest absolute Gasteiger partial charge is 0.407 e. The van der Waals surface area contributed by atoms with Crippen LogP contribution in [0, 0.1) is 11.8 Å². The molecule has 0 bridgehead atoms. The molecule has 1 saturated carbocycles. The number of rotatable bonds is 8. The molecule has 4 rings (SSSR count). The highest BCUT2D eigenvalue weighted by atomic mass is 16.5. The van der Waals surface area contributed by atoms with Gasteiger partial charge >= 0.3 is 12.1 Å². The van der Waals surface area contributed by atoms with Gasteiger partial charge in [-0.1, -0.05) is 68.3 Å². The van der Waals surface area contributed by atoms with Gasteiger partial charge in [0.15, 0.2) is 0 Å². The fraction of sp³-hybridized carbons (Fsp3) is 0.464. The van der Waals surface area contributed by atoms with Gasteiger partial charge in [0.1, 0.15) is 12.6 Å². The molecule has 2 aromatic carbocycles. The molecule has 2 aliphatic rings. The predicted molar refractivity (Wildman–Crippen MR) is 133 cm³/mol. The maximum Gasteiger partial charge on any atom is 0.407 e. The summed E-state index contributed by atoms with van der Waals surface area (Å²) >= 11 is 0. The van der Waals surface area contributed by atoms with Crippen molar-refractivity contribution < 1.29 is 24.2 Å². The lowest BCUT2D eigenvalue weighted by atomic mass is 9.78. The standard InChI is InChI=1S/C28H34N2O5/c1-3-25(27(32)33)30(2)26(31)19-11-5-4-10-18(19)16-29-28(34)35-17-24-22-14-8-6-12-20(22)21-13-7-9-15-23(21)24/h6-9,12-15,18-19,24-25H,3-5,10-11,16-17H2,1-2H3,(H,29,34)(H,32,33)/t18-,19-,25?/m0/s1. The molecule has 0 aromatic heterocycles. The van der Waals surface area contributed by atoms with Crippen LogP contribution in [0.15, 0.2) is 48.5 Å². The summed E-state index contributed by atoms with van der Waals surface area (Å²) in [7, 11) is 1.56. The second-order valence-corrected chi connectivity index (χ2v) is 9.57. The van der Waals surface area contributed by atoms with E-state index in [1.165, 1.54) is 16.0 Å². The number of carbonyl (C=O) groups is 3. The number of amides is 2. The molecular weight excluding hydrogens is 444 g/mol. The van der Waals surface area contributed by atoms with E-state index < -0.39 is 18.1 Å². The summed E-state index contributed by atoms with van der Waals surface area (Å²) in [6.07, 6.45) is 3.30. The minimum atomic E-state index is -0.993. The zero-order valence-corrected chi connectivity index (χ0v) is 20.4. The second-order valence-electron chi connectivity index (χ2n) is 9.57. The highest BCUT2D eigenvalue weighted by Crippen LogP contribution is 2.44. The van der Waals surface area contributed by atoms with Gasteiger partial charge in [0.2, 0.25) is 5.91 Å². The summed E-state index contributed by atoms with van der Waals surface area (Å²) in [5, 5.41) is 12.3. The minimum absolute atomic E-state index is 0.00666. The van der Waals surface area contributed by atoms with Gasteiger partial charge in [0.05, 0.1) is 0 Å². The molecule has 7 heteroatoms. The Morgan fingerprint density at radius 3 is 2.23 bits per heavy atom. The summed E-state index contributed by atoms with van der Waals surface area (Å²) in [5.74, 6) is -1.49. The summed E-state index contributed by atoms with van der Waals surface area (Å²) < 4.78 is 5.64. The summed E-state index contributed by atoms with van der Waals surface area (Å²) in [5.41, 5.74) is 4.67. The number of hydrogen-bond acceptors (Lipinski definition) is 4. The van der Waals surface area contributed by atoms with Crippen molar-refractivity contribution in [3.05, 3.63) is 59.7 Å². The number of carboxylic acids is 1. The van der Waals surface area contributed by atoms with E-state index in [4.69, 9.17) is 4.74 Å². The van der Waals surface area contributed by atoms with E-state index in [1.54, 1.807) is 14.0 Å². The Morgan fingerprint density at radius 1 is 1.03 bits per heavy atom. The number of carbonyl (C=O) groups excluding carboxylic acids is 2. The van der Waals surface area contributed by atoms with Gasteiger partial charge in [-0.15, -0.1) is 0 Å². The van der Waals surface area contributed by atoms with Crippen molar-refractivity contribution in [1.82, 2.24) is 10.2 Å². The first-order valence-electron chi connectivity index (χ1n) is 12.5. The van der Waals surface area contributed by atoms with E-state index >= 15 is 0 Å². The fourth-order valence-electron chi connectivity index (χ4n) is 5.67. The molecule has 1 fully saturated rings. The van der Waals surface area contributed by atoms with Gasteiger partial charge in [0.25, 0.3) is 0 Å². The van der Waals surface area contributed by atoms with Crippen LogP contribution in [0.25, 0.3) is 11.1 Å². The number of fused-ring (bicyclic) bond motifs is 3. The number of carboxylic acid groups (broad SMARTS) is 1. The number of nitrogens with zero attached hydrogens (tertiary/aromatic N) is 1. The van der Waals surface area contributed by atoms with E-state index in [-0.39, 0.29) is 30.3 Å². The largest absolute Gasteiger partial charge is 0.480 e. The van der Waals surface area contributed by atoms with Crippen LogP contribution in [-0.4, -0.2) is 54.2 Å². The topological polar surface area (TPSA) is 95.9 Å². The van der Waals surface area contributed by atoms with Gasteiger partial charge in [-0.05, 0) is 47.4 Å².